The van der Waals surface area contributed by atoms with Crippen LogP contribution in [-0.2, 0) is 19.4 Å². The van der Waals surface area contributed by atoms with E-state index in [1.54, 1.807) is 20.3 Å². The zero-order chi connectivity index (χ0) is 23.3. The highest BCUT2D eigenvalue weighted by molar-refractivity contribution is 6.02. The fourth-order valence-corrected chi connectivity index (χ4v) is 4.24. The number of nitrogens with zero attached hydrogens (tertiary/aromatic N) is 1. The maximum Gasteiger partial charge on any atom is 0.251 e. The summed E-state index contributed by atoms with van der Waals surface area (Å²) < 4.78 is 26.9. The second-order valence-corrected chi connectivity index (χ2v) is 7.85. The van der Waals surface area contributed by atoms with Gasteiger partial charge in [-0.3, -0.25) is 4.79 Å². The molecule has 0 aliphatic carbocycles. The van der Waals surface area contributed by atoms with Crippen molar-refractivity contribution in [2.45, 2.75) is 46.1 Å². The van der Waals surface area contributed by atoms with Crippen molar-refractivity contribution >= 4 is 5.91 Å². The molecule has 0 atom stereocenters. The smallest absolute Gasteiger partial charge is 0.251 e. The van der Waals surface area contributed by atoms with Crippen LogP contribution in [-0.4, -0.2) is 24.7 Å². The Balaban J connectivity index is 2.07. The zero-order valence-electron chi connectivity index (χ0n) is 19.2. The number of carbonyl (C=O) groups is 1. The molecule has 0 unspecified atom stereocenters. The number of halogens is 1. The van der Waals surface area contributed by atoms with Crippen LogP contribution >= 0.6 is 0 Å². The molecule has 0 radical (unpaired) electrons. The minimum Gasteiger partial charge on any atom is -0.493 e. The lowest BCUT2D eigenvalue weighted by atomic mass is 9.97. The Bertz CT molecular complexity index is 1100. The molecule has 1 aromatic heterocycles. The van der Waals surface area contributed by atoms with Crippen LogP contribution in [0.1, 0.15) is 47.1 Å². The van der Waals surface area contributed by atoms with Gasteiger partial charge in [-0.1, -0.05) is 31.5 Å². The van der Waals surface area contributed by atoms with Crippen molar-refractivity contribution in [2.75, 3.05) is 14.2 Å². The highest BCUT2D eigenvalue weighted by Gasteiger charge is 2.24. The van der Waals surface area contributed by atoms with Gasteiger partial charge in [0.1, 0.15) is 5.82 Å². The molecule has 0 aliphatic rings. The molecule has 0 fully saturated rings. The van der Waals surface area contributed by atoms with Crippen LogP contribution in [0.4, 0.5) is 4.39 Å². The number of carbonyl (C=O) groups excluding carboxylic acids is 1. The molecule has 5 nitrogen and oxygen atoms in total. The van der Waals surface area contributed by atoms with Crippen LogP contribution in [0.3, 0.4) is 0 Å². The molecule has 2 aromatic carbocycles. The highest BCUT2D eigenvalue weighted by atomic mass is 19.1. The van der Waals surface area contributed by atoms with Crippen molar-refractivity contribution in [3.05, 3.63) is 70.8 Å². The minimum absolute atomic E-state index is 0.338. The molecule has 0 bridgehead atoms. The average Bonchev–Trinajstić information content (AvgIpc) is 3.07. The maximum atomic E-state index is 14.0. The summed E-state index contributed by atoms with van der Waals surface area (Å²) in [5.41, 5.74) is 10.6. The van der Waals surface area contributed by atoms with Gasteiger partial charge in [-0.05, 0) is 61.6 Å². The first kappa shape index (κ1) is 23.4. The number of rotatable bonds is 10. The summed E-state index contributed by atoms with van der Waals surface area (Å²) in [5.74, 6) is 0.527. The van der Waals surface area contributed by atoms with Gasteiger partial charge in [-0.15, -0.1) is 0 Å². The van der Waals surface area contributed by atoms with Gasteiger partial charge >= 0.3 is 0 Å². The first-order valence-corrected chi connectivity index (χ1v) is 10.9. The number of unbranched alkanes of at least 4 members (excludes halogenated alkanes) is 1. The molecule has 6 heteroatoms. The number of hydrogen-bond donors (Lipinski definition) is 1. The highest BCUT2D eigenvalue weighted by Crippen LogP contribution is 2.35. The first-order chi connectivity index (χ1) is 15.4. The van der Waals surface area contributed by atoms with Crippen LogP contribution < -0.4 is 15.2 Å². The predicted octanol–water partition coefficient (Wildman–Crippen LogP) is 5.30. The van der Waals surface area contributed by atoms with Crippen molar-refractivity contribution in [3.63, 3.8) is 0 Å². The van der Waals surface area contributed by atoms with Crippen molar-refractivity contribution < 1.29 is 18.7 Å². The molecule has 0 saturated carbocycles. The van der Waals surface area contributed by atoms with E-state index in [9.17, 15) is 9.18 Å². The van der Waals surface area contributed by atoms with Gasteiger partial charge in [0, 0.05) is 23.5 Å². The number of methoxy groups -OCH3 is 2. The lowest BCUT2D eigenvalue weighted by Crippen LogP contribution is -2.14. The number of nitrogens with two attached hydrogens (primary N) is 1. The summed E-state index contributed by atoms with van der Waals surface area (Å²) in [5, 5.41) is 0. The lowest BCUT2D eigenvalue weighted by molar-refractivity contribution is 0.1000. The van der Waals surface area contributed by atoms with Gasteiger partial charge in [-0.2, -0.15) is 0 Å². The van der Waals surface area contributed by atoms with E-state index in [1.807, 2.05) is 31.2 Å². The number of amides is 1. The summed E-state index contributed by atoms with van der Waals surface area (Å²) in [6.45, 7) is 4.70. The van der Waals surface area contributed by atoms with Crippen molar-refractivity contribution in [1.29, 1.82) is 0 Å². The van der Waals surface area contributed by atoms with E-state index >= 15 is 0 Å². The zero-order valence-corrected chi connectivity index (χ0v) is 19.2. The second kappa shape index (κ2) is 10.4. The molecule has 32 heavy (non-hydrogen) atoms. The second-order valence-electron chi connectivity index (χ2n) is 7.85. The topological polar surface area (TPSA) is 66.5 Å². The number of aromatic nitrogens is 1. The molecule has 3 aromatic rings. The number of aryl methyl sites for hydroxylation is 1. The van der Waals surface area contributed by atoms with E-state index < -0.39 is 5.91 Å². The average molecular weight is 439 g/mol. The van der Waals surface area contributed by atoms with Gasteiger partial charge < -0.3 is 19.8 Å². The molecule has 1 amide bonds. The molecule has 1 heterocycles. The van der Waals surface area contributed by atoms with Crippen LogP contribution in [0.25, 0.3) is 11.1 Å². The van der Waals surface area contributed by atoms with Crippen molar-refractivity contribution in [3.8, 4) is 22.6 Å². The van der Waals surface area contributed by atoms with Gasteiger partial charge in [0.25, 0.3) is 5.91 Å². The van der Waals surface area contributed by atoms with Crippen molar-refractivity contribution in [2.24, 2.45) is 5.73 Å². The third-order valence-electron chi connectivity index (χ3n) is 5.83. The summed E-state index contributed by atoms with van der Waals surface area (Å²) in [4.78, 5) is 12.5. The first-order valence-electron chi connectivity index (χ1n) is 10.9. The molecular formula is C26H31FN2O3. The van der Waals surface area contributed by atoms with Crippen LogP contribution in [0.15, 0.2) is 42.5 Å². The Kier molecular flexibility index (Phi) is 7.57. The normalized spacial score (nSPS) is 10.9. The quantitative estimate of drug-likeness (QED) is 0.467. The number of hydrogen-bond acceptors (Lipinski definition) is 3. The van der Waals surface area contributed by atoms with E-state index in [1.165, 1.54) is 12.1 Å². The third-order valence-corrected chi connectivity index (χ3v) is 5.83. The Morgan fingerprint density at radius 3 is 2.44 bits per heavy atom. The Morgan fingerprint density at radius 2 is 1.81 bits per heavy atom. The van der Waals surface area contributed by atoms with Crippen molar-refractivity contribution in [1.82, 2.24) is 4.57 Å². The van der Waals surface area contributed by atoms with Crippen LogP contribution in [0, 0.1) is 12.7 Å². The standard InChI is InChI=1S/C26H31FN2O3/c1-5-6-10-21-25(19-8-7-9-20(27)16-19)24(26(28)30)17(2)29(21)14-13-18-11-12-22(31-3)23(15-18)32-4/h7-9,11-12,15-16H,5-6,10,13-14H2,1-4H3,(H2,28,30). The Labute approximate surface area is 189 Å². The van der Waals surface area contributed by atoms with Crippen LogP contribution in [0.5, 0.6) is 11.5 Å². The SMILES string of the molecule is CCCCc1c(-c2cccc(F)c2)c(C(N)=O)c(C)n1CCc1ccc(OC)c(OC)c1. The summed E-state index contributed by atoms with van der Waals surface area (Å²) in [6, 6.07) is 12.2. The summed E-state index contributed by atoms with van der Waals surface area (Å²) >= 11 is 0. The molecule has 3 rings (SSSR count). The van der Waals surface area contributed by atoms with Gasteiger partial charge in [-0.25, -0.2) is 4.39 Å². The van der Waals surface area contributed by atoms with Gasteiger partial charge in [0.15, 0.2) is 11.5 Å². The van der Waals surface area contributed by atoms with E-state index in [4.69, 9.17) is 15.2 Å². The Morgan fingerprint density at radius 1 is 1.06 bits per heavy atom. The largest absolute Gasteiger partial charge is 0.493 e. The lowest BCUT2D eigenvalue weighted by Gasteiger charge is -2.14. The fourth-order valence-electron chi connectivity index (χ4n) is 4.24. The molecule has 0 spiro atoms. The summed E-state index contributed by atoms with van der Waals surface area (Å²) in [7, 11) is 3.23. The number of ether oxygens (including phenoxy) is 2. The third kappa shape index (κ3) is 4.79. The van der Waals surface area contributed by atoms with Gasteiger partial charge in [0.05, 0.1) is 19.8 Å². The summed E-state index contributed by atoms with van der Waals surface area (Å²) in [6.07, 6.45) is 3.48. The predicted molar refractivity (Wildman–Crippen MR) is 125 cm³/mol. The fraction of sp³-hybridized carbons (Fsp3) is 0.346. The van der Waals surface area contributed by atoms with E-state index in [-0.39, 0.29) is 5.82 Å². The molecule has 0 saturated heterocycles. The molecule has 2 N–H and O–H groups in total. The van der Waals surface area contributed by atoms with Gasteiger partial charge in [0.2, 0.25) is 0 Å². The number of primary amides is 1. The maximum absolute atomic E-state index is 14.0. The van der Waals surface area contributed by atoms with E-state index in [0.29, 0.717) is 29.2 Å². The Hall–Kier alpha value is -3.28. The molecular weight excluding hydrogens is 407 g/mol. The minimum atomic E-state index is -0.496. The van der Waals surface area contributed by atoms with E-state index in [0.717, 1.165) is 48.2 Å². The monoisotopic (exact) mass is 438 g/mol. The van der Waals surface area contributed by atoms with Crippen LogP contribution in [0.2, 0.25) is 0 Å². The van der Waals surface area contributed by atoms with E-state index in [2.05, 4.69) is 11.5 Å². The number of benzene rings is 2. The molecule has 170 valence electrons. The molecule has 0 aliphatic heterocycles.